The van der Waals surface area contributed by atoms with E-state index in [-0.39, 0.29) is 5.78 Å². The first-order valence-corrected chi connectivity index (χ1v) is 10.3. The summed E-state index contributed by atoms with van der Waals surface area (Å²) >= 11 is 0. The van der Waals surface area contributed by atoms with Gasteiger partial charge in [-0.25, -0.2) is 8.42 Å². The van der Waals surface area contributed by atoms with Crippen LogP contribution in [0, 0.1) is 6.92 Å². The molecule has 0 unspecified atom stereocenters. The van der Waals surface area contributed by atoms with Crippen molar-refractivity contribution < 1.29 is 13.2 Å². The van der Waals surface area contributed by atoms with Crippen molar-refractivity contribution in [2.45, 2.75) is 18.2 Å². The van der Waals surface area contributed by atoms with E-state index in [1.54, 1.807) is 12.1 Å². The molecule has 0 spiro atoms. The van der Waals surface area contributed by atoms with Gasteiger partial charge in [0.25, 0.3) is 0 Å². The summed E-state index contributed by atoms with van der Waals surface area (Å²) in [6.45, 7) is 4.80. The third-order valence-electron chi connectivity index (χ3n) is 4.74. The first-order chi connectivity index (χ1) is 12.5. The van der Waals surface area contributed by atoms with E-state index in [9.17, 15) is 13.2 Å². The Kier molecular flexibility index (Phi) is 5.86. The molecule has 1 aliphatic heterocycles. The molecular formula is C20H24N2O3S. The zero-order valence-corrected chi connectivity index (χ0v) is 15.8. The van der Waals surface area contributed by atoms with E-state index in [4.69, 9.17) is 0 Å². The molecule has 0 atom stereocenters. The van der Waals surface area contributed by atoms with E-state index in [1.165, 1.54) is 4.31 Å². The minimum absolute atomic E-state index is 0.125. The monoisotopic (exact) mass is 372 g/mol. The molecule has 5 nitrogen and oxygen atoms in total. The summed E-state index contributed by atoms with van der Waals surface area (Å²) in [5.74, 6) is 0.125. The Labute approximate surface area is 155 Å². The highest BCUT2D eigenvalue weighted by Crippen LogP contribution is 2.18. The van der Waals surface area contributed by atoms with Gasteiger partial charge in [0.1, 0.15) is 0 Å². The van der Waals surface area contributed by atoms with E-state index < -0.39 is 10.0 Å². The second kappa shape index (κ2) is 8.12. The lowest BCUT2D eigenvalue weighted by Gasteiger charge is -2.33. The number of rotatable bonds is 6. The van der Waals surface area contributed by atoms with Gasteiger partial charge in [0.15, 0.2) is 5.78 Å². The second-order valence-corrected chi connectivity index (χ2v) is 8.54. The van der Waals surface area contributed by atoms with Crippen LogP contribution in [0.1, 0.15) is 22.3 Å². The smallest absolute Gasteiger partial charge is 0.243 e. The normalized spacial score (nSPS) is 16.5. The minimum Gasteiger partial charge on any atom is -0.300 e. The zero-order chi connectivity index (χ0) is 18.6. The molecule has 0 aromatic heterocycles. The van der Waals surface area contributed by atoms with Gasteiger partial charge in [-0.05, 0) is 19.1 Å². The van der Waals surface area contributed by atoms with Crippen LogP contribution >= 0.6 is 0 Å². The Morgan fingerprint density at radius 2 is 1.54 bits per heavy atom. The number of Topliss-reactive ketones (excluding diaryl/α,β-unsaturated/α-hetero) is 1. The maximum absolute atomic E-state index is 12.7. The fraction of sp³-hybridized carbons (Fsp3) is 0.350. The molecular weight excluding hydrogens is 348 g/mol. The summed E-state index contributed by atoms with van der Waals surface area (Å²) in [6, 6.07) is 16.2. The van der Waals surface area contributed by atoms with Crippen LogP contribution in [-0.2, 0) is 10.0 Å². The van der Waals surface area contributed by atoms with Gasteiger partial charge in [-0.3, -0.25) is 4.79 Å². The predicted molar refractivity (Wildman–Crippen MR) is 102 cm³/mol. The molecule has 0 amide bonds. The number of sulfonamides is 1. The van der Waals surface area contributed by atoms with Crippen molar-refractivity contribution in [2.75, 3.05) is 32.7 Å². The van der Waals surface area contributed by atoms with Crippen molar-refractivity contribution in [3.8, 4) is 0 Å². The molecule has 1 saturated heterocycles. The molecule has 0 N–H and O–H groups in total. The first-order valence-electron chi connectivity index (χ1n) is 8.84. The fourth-order valence-corrected chi connectivity index (χ4v) is 4.50. The lowest BCUT2D eigenvalue weighted by atomic mass is 10.1. The highest BCUT2D eigenvalue weighted by atomic mass is 32.2. The molecule has 2 aromatic rings. The van der Waals surface area contributed by atoms with E-state index in [2.05, 4.69) is 4.90 Å². The van der Waals surface area contributed by atoms with Gasteiger partial charge in [0.05, 0.1) is 4.90 Å². The molecule has 0 aliphatic carbocycles. The summed E-state index contributed by atoms with van der Waals surface area (Å²) in [5.41, 5.74) is 1.77. The lowest BCUT2D eigenvalue weighted by molar-refractivity contribution is 0.0952. The Morgan fingerprint density at radius 1 is 0.923 bits per heavy atom. The van der Waals surface area contributed by atoms with Crippen molar-refractivity contribution in [1.82, 2.24) is 9.21 Å². The Morgan fingerprint density at radius 3 is 2.15 bits per heavy atom. The number of carbonyl (C=O) groups excluding carboxylic acids is 1. The lowest BCUT2D eigenvalue weighted by Crippen LogP contribution is -2.48. The van der Waals surface area contributed by atoms with Crippen molar-refractivity contribution in [3.05, 3.63) is 65.7 Å². The van der Waals surface area contributed by atoms with Gasteiger partial charge in [-0.2, -0.15) is 4.31 Å². The number of hydrogen-bond acceptors (Lipinski definition) is 4. The first kappa shape index (κ1) is 18.8. The SMILES string of the molecule is Cc1ccc(S(=O)(=O)N2CCN(CCC(=O)c3ccccc3)CC2)cc1. The molecule has 0 bridgehead atoms. The fourth-order valence-electron chi connectivity index (χ4n) is 3.08. The Balaban J connectivity index is 1.52. The van der Waals surface area contributed by atoms with Crippen LogP contribution in [0.4, 0.5) is 0 Å². The van der Waals surface area contributed by atoms with Crippen LogP contribution in [0.3, 0.4) is 0 Å². The van der Waals surface area contributed by atoms with Crippen LogP contribution in [-0.4, -0.2) is 56.1 Å². The number of piperazine rings is 1. The van der Waals surface area contributed by atoms with E-state index >= 15 is 0 Å². The van der Waals surface area contributed by atoms with Crippen LogP contribution in [0.15, 0.2) is 59.5 Å². The Bertz CT molecular complexity index is 840. The highest BCUT2D eigenvalue weighted by Gasteiger charge is 2.28. The molecule has 26 heavy (non-hydrogen) atoms. The van der Waals surface area contributed by atoms with Crippen molar-refractivity contribution in [3.63, 3.8) is 0 Å². The summed E-state index contributed by atoms with van der Waals surface area (Å²) in [6.07, 6.45) is 0.453. The number of aryl methyl sites for hydroxylation is 1. The van der Waals surface area contributed by atoms with Gasteiger partial charge in [-0.15, -0.1) is 0 Å². The highest BCUT2D eigenvalue weighted by molar-refractivity contribution is 7.89. The number of ketones is 1. The molecule has 0 saturated carbocycles. The largest absolute Gasteiger partial charge is 0.300 e. The average Bonchev–Trinajstić information content (AvgIpc) is 2.67. The molecule has 138 valence electrons. The molecule has 2 aromatic carbocycles. The van der Waals surface area contributed by atoms with Crippen molar-refractivity contribution in [1.29, 1.82) is 0 Å². The van der Waals surface area contributed by atoms with Crippen molar-refractivity contribution >= 4 is 15.8 Å². The molecule has 6 heteroatoms. The molecule has 1 aliphatic rings. The third-order valence-corrected chi connectivity index (χ3v) is 6.65. The van der Waals surface area contributed by atoms with E-state index in [0.29, 0.717) is 44.0 Å². The molecule has 1 heterocycles. The van der Waals surface area contributed by atoms with Crippen LogP contribution < -0.4 is 0 Å². The summed E-state index contributed by atoms with van der Waals surface area (Å²) in [7, 11) is -3.44. The average molecular weight is 372 g/mol. The number of carbonyl (C=O) groups is 1. The molecule has 3 rings (SSSR count). The topological polar surface area (TPSA) is 57.7 Å². The van der Waals surface area contributed by atoms with Gasteiger partial charge < -0.3 is 4.90 Å². The number of benzene rings is 2. The second-order valence-electron chi connectivity index (χ2n) is 6.60. The zero-order valence-electron chi connectivity index (χ0n) is 15.0. The van der Waals surface area contributed by atoms with Crippen LogP contribution in [0.25, 0.3) is 0 Å². The van der Waals surface area contributed by atoms with Crippen molar-refractivity contribution in [2.24, 2.45) is 0 Å². The van der Waals surface area contributed by atoms with Crippen LogP contribution in [0.5, 0.6) is 0 Å². The standard InChI is InChI=1S/C20H24N2O3S/c1-17-7-9-19(10-8-17)26(24,25)22-15-13-21(14-16-22)12-11-20(23)18-5-3-2-4-6-18/h2-10H,11-16H2,1H3. The maximum Gasteiger partial charge on any atom is 0.243 e. The van der Waals surface area contributed by atoms with Crippen LogP contribution in [0.2, 0.25) is 0 Å². The summed E-state index contributed by atoms with van der Waals surface area (Å²) in [5, 5.41) is 0. The number of hydrogen-bond donors (Lipinski definition) is 0. The van der Waals surface area contributed by atoms with Gasteiger partial charge in [0, 0.05) is 44.7 Å². The predicted octanol–water partition coefficient (Wildman–Crippen LogP) is 2.57. The molecule has 1 fully saturated rings. The van der Waals surface area contributed by atoms with E-state index in [1.807, 2.05) is 49.4 Å². The van der Waals surface area contributed by atoms with Gasteiger partial charge >= 0.3 is 0 Å². The summed E-state index contributed by atoms with van der Waals surface area (Å²) < 4.78 is 27.0. The third kappa shape index (κ3) is 4.38. The summed E-state index contributed by atoms with van der Waals surface area (Å²) in [4.78, 5) is 14.7. The molecule has 0 radical (unpaired) electrons. The maximum atomic E-state index is 12.7. The minimum atomic E-state index is -3.44. The quantitative estimate of drug-likeness (QED) is 0.732. The van der Waals surface area contributed by atoms with Gasteiger partial charge in [0.2, 0.25) is 10.0 Å². The Hall–Kier alpha value is -2.02. The van der Waals surface area contributed by atoms with E-state index in [0.717, 1.165) is 11.1 Å². The number of nitrogens with zero attached hydrogens (tertiary/aromatic N) is 2. The van der Waals surface area contributed by atoms with Gasteiger partial charge in [-0.1, -0.05) is 48.0 Å².